The molecule has 0 atom stereocenters. The van der Waals surface area contributed by atoms with Gasteiger partial charge >= 0.3 is 6.03 Å². The third-order valence-electron chi connectivity index (χ3n) is 3.74. The second kappa shape index (κ2) is 8.88. The lowest BCUT2D eigenvalue weighted by Crippen LogP contribution is -2.49. The molecule has 0 unspecified atom stereocenters. The Bertz CT molecular complexity index is 1020. The lowest BCUT2D eigenvalue weighted by molar-refractivity contribution is -0.123. The van der Waals surface area contributed by atoms with Crippen LogP contribution in [0.3, 0.4) is 0 Å². The van der Waals surface area contributed by atoms with Crippen molar-refractivity contribution < 1.29 is 19.1 Å². The van der Waals surface area contributed by atoms with E-state index in [-0.39, 0.29) is 12.2 Å². The zero-order valence-electron chi connectivity index (χ0n) is 14.6. The number of hydrazine groups is 1. The maximum atomic E-state index is 11.9. The van der Waals surface area contributed by atoms with Crippen LogP contribution in [0.5, 0.6) is 5.75 Å². The molecule has 0 fully saturated rings. The highest BCUT2D eigenvalue weighted by molar-refractivity contribution is 6.30. The molecular formula is C20H16ClN3O4. The van der Waals surface area contributed by atoms with Crippen LogP contribution in [0.25, 0.3) is 10.8 Å². The maximum Gasteiger partial charge on any atom is 0.340 e. The Hall–Kier alpha value is -3.58. The first kappa shape index (κ1) is 19.2. The summed E-state index contributed by atoms with van der Waals surface area (Å²) in [5, 5.41) is 4.59. The lowest BCUT2D eigenvalue weighted by atomic mass is 10.1. The molecule has 0 heterocycles. The van der Waals surface area contributed by atoms with E-state index < -0.39 is 17.8 Å². The minimum Gasteiger partial charge on any atom is -0.484 e. The summed E-state index contributed by atoms with van der Waals surface area (Å²) in [5.74, 6) is -0.686. The molecule has 0 spiro atoms. The van der Waals surface area contributed by atoms with Crippen molar-refractivity contribution in [2.75, 3.05) is 6.61 Å². The highest BCUT2D eigenvalue weighted by Gasteiger charge is 2.11. The van der Waals surface area contributed by atoms with Crippen molar-refractivity contribution in [1.82, 2.24) is 16.2 Å². The van der Waals surface area contributed by atoms with E-state index in [1.807, 2.05) is 36.4 Å². The molecule has 0 aliphatic heterocycles. The highest BCUT2D eigenvalue weighted by atomic mass is 35.5. The Labute approximate surface area is 165 Å². The molecule has 0 aliphatic carbocycles. The zero-order chi connectivity index (χ0) is 19.9. The number of benzene rings is 3. The van der Waals surface area contributed by atoms with Gasteiger partial charge in [0.25, 0.3) is 11.8 Å². The second-order valence-electron chi connectivity index (χ2n) is 5.76. The van der Waals surface area contributed by atoms with Gasteiger partial charge in [0.15, 0.2) is 6.61 Å². The minimum absolute atomic E-state index is 0.255. The number of nitrogens with one attached hydrogen (secondary N) is 3. The second-order valence-corrected chi connectivity index (χ2v) is 6.20. The first-order valence-corrected chi connectivity index (χ1v) is 8.66. The predicted octanol–water partition coefficient (Wildman–Crippen LogP) is 3.04. The minimum atomic E-state index is -0.876. The Balaban J connectivity index is 1.43. The van der Waals surface area contributed by atoms with Gasteiger partial charge in [0, 0.05) is 10.6 Å². The van der Waals surface area contributed by atoms with Gasteiger partial charge in [-0.1, -0.05) is 41.9 Å². The zero-order valence-corrected chi connectivity index (χ0v) is 15.3. The average Bonchev–Trinajstić information content (AvgIpc) is 2.71. The number of amides is 4. The van der Waals surface area contributed by atoms with Crippen LogP contribution in [0.15, 0.2) is 66.7 Å². The van der Waals surface area contributed by atoms with Crippen molar-refractivity contribution in [2.45, 2.75) is 0 Å². The first-order chi connectivity index (χ1) is 13.5. The molecule has 3 aromatic rings. The molecule has 0 aromatic heterocycles. The lowest BCUT2D eigenvalue weighted by Gasteiger charge is -2.10. The van der Waals surface area contributed by atoms with Gasteiger partial charge in [-0.25, -0.2) is 10.2 Å². The monoisotopic (exact) mass is 397 g/mol. The number of carbonyl (C=O) groups is 3. The van der Waals surface area contributed by atoms with E-state index in [1.54, 1.807) is 6.07 Å². The van der Waals surface area contributed by atoms with Gasteiger partial charge in [-0.2, -0.15) is 0 Å². The largest absolute Gasteiger partial charge is 0.484 e. The molecule has 0 bridgehead atoms. The van der Waals surface area contributed by atoms with Crippen LogP contribution < -0.4 is 20.9 Å². The number of rotatable bonds is 4. The molecule has 0 radical (unpaired) electrons. The summed E-state index contributed by atoms with van der Waals surface area (Å²) in [5.41, 5.74) is 4.50. The van der Waals surface area contributed by atoms with Crippen LogP contribution in [-0.2, 0) is 4.79 Å². The molecule has 142 valence electrons. The van der Waals surface area contributed by atoms with E-state index in [9.17, 15) is 14.4 Å². The Morgan fingerprint density at radius 3 is 2.32 bits per heavy atom. The Kier molecular flexibility index (Phi) is 6.08. The SMILES string of the molecule is O=C(COc1ccc2ccccc2c1)NNC(=O)NC(=O)c1ccc(Cl)cc1. The topological polar surface area (TPSA) is 96.5 Å². The van der Waals surface area contributed by atoms with Gasteiger partial charge < -0.3 is 4.74 Å². The Morgan fingerprint density at radius 1 is 0.857 bits per heavy atom. The fourth-order valence-electron chi connectivity index (χ4n) is 2.38. The molecule has 7 nitrogen and oxygen atoms in total. The number of urea groups is 1. The van der Waals surface area contributed by atoms with Gasteiger partial charge in [-0.05, 0) is 47.2 Å². The summed E-state index contributed by atoms with van der Waals surface area (Å²) in [6.45, 7) is -0.302. The molecule has 3 aromatic carbocycles. The van der Waals surface area contributed by atoms with Crippen LogP contribution in [0.4, 0.5) is 4.79 Å². The van der Waals surface area contributed by atoms with Gasteiger partial charge in [-0.3, -0.25) is 20.3 Å². The van der Waals surface area contributed by atoms with Crippen molar-refractivity contribution in [2.24, 2.45) is 0 Å². The van der Waals surface area contributed by atoms with Crippen LogP contribution in [0, 0.1) is 0 Å². The van der Waals surface area contributed by atoms with Crippen LogP contribution in [-0.4, -0.2) is 24.5 Å². The van der Waals surface area contributed by atoms with Crippen LogP contribution >= 0.6 is 11.6 Å². The molecule has 0 saturated carbocycles. The summed E-state index contributed by atoms with van der Waals surface area (Å²) in [4.78, 5) is 35.4. The van der Waals surface area contributed by atoms with Gasteiger partial charge in [-0.15, -0.1) is 0 Å². The molecule has 3 N–H and O–H groups in total. The maximum absolute atomic E-state index is 11.9. The molecule has 0 aliphatic rings. The van der Waals surface area contributed by atoms with Crippen LogP contribution in [0.2, 0.25) is 5.02 Å². The van der Waals surface area contributed by atoms with E-state index in [0.29, 0.717) is 10.8 Å². The number of imide groups is 1. The van der Waals surface area contributed by atoms with Crippen molar-refractivity contribution in [3.05, 3.63) is 77.3 Å². The van der Waals surface area contributed by atoms with E-state index >= 15 is 0 Å². The summed E-state index contributed by atoms with van der Waals surface area (Å²) in [7, 11) is 0. The molecule has 4 amide bonds. The summed E-state index contributed by atoms with van der Waals surface area (Å²) in [6.07, 6.45) is 0. The van der Waals surface area contributed by atoms with Crippen molar-refractivity contribution >= 4 is 40.2 Å². The molecule has 3 rings (SSSR count). The van der Waals surface area contributed by atoms with Gasteiger partial charge in [0.1, 0.15) is 5.75 Å². The summed E-state index contributed by atoms with van der Waals surface area (Å²) >= 11 is 5.74. The highest BCUT2D eigenvalue weighted by Crippen LogP contribution is 2.20. The number of halogens is 1. The van der Waals surface area contributed by atoms with E-state index in [2.05, 4.69) is 16.2 Å². The van der Waals surface area contributed by atoms with Gasteiger partial charge in [0.2, 0.25) is 0 Å². The third-order valence-corrected chi connectivity index (χ3v) is 3.99. The van der Waals surface area contributed by atoms with E-state index in [4.69, 9.17) is 16.3 Å². The van der Waals surface area contributed by atoms with E-state index in [0.717, 1.165) is 10.8 Å². The standard InChI is InChI=1S/C20H16ClN3O4/c21-16-8-5-14(6-9-16)19(26)22-20(27)24-23-18(25)12-28-17-10-7-13-3-1-2-4-15(13)11-17/h1-11H,12H2,(H,23,25)(H2,22,24,26,27). The predicted molar refractivity (Wildman–Crippen MR) is 105 cm³/mol. The average molecular weight is 398 g/mol. The first-order valence-electron chi connectivity index (χ1n) is 8.28. The molecule has 8 heteroatoms. The number of hydrogen-bond acceptors (Lipinski definition) is 4. The number of hydrogen-bond donors (Lipinski definition) is 3. The fourth-order valence-corrected chi connectivity index (χ4v) is 2.50. The molecule has 28 heavy (non-hydrogen) atoms. The third kappa shape index (κ3) is 5.21. The smallest absolute Gasteiger partial charge is 0.340 e. The fraction of sp³-hybridized carbons (Fsp3) is 0.0500. The quantitative estimate of drug-likeness (QED) is 0.589. The number of carbonyl (C=O) groups excluding carboxylic acids is 3. The molecular weight excluding hydrogens is 382 g/mol. The molecule has 0 saturated heterocycles. The normalized spacial score (nSPS) is 10.2. The van der Waals surface area contributed by atoms with Crippen molar-refractivity contribution in [1.29, 1.82) is 0 Å². The summed E-state index contributed by atoms with van der Waals surface area (Å²) < 4.78 is 5.41. The van der Waals surface area contributed by atoms with Crippen molar-refractivity contribution in [3.63, 3.8) is 0 Å². The number of ether oxygens (including phenoxy) is 1. The summed E-state index contributed by atoms with van der Waals surface area (Å²) in [6, 6.07) is 18.3. The number of fused-ring (bicyclic) bond motifs is 1. The van der Waals surface area contributed by atoms with Crippen molar-refractivity contribution in [3.8, 4) is 5.75 Å². The Morgan fingerprint density at radius 2 is 1.57 bits per heavy atom. The van der Waals surface area contributed by atoms with E-state index in [1.165, 1.54) is 24.3 Å². The van der Waals surface area contributed by atoms with Gasteiger partial charge in [0.05, 0.1) is 0 Å². The van der Waals surface area contributed by atoms with Crippen LogP contribution in [0.1, 0.15) is 10.4 Å².